The second kappa shape index (κ2) is 4.05. The second-order valence-electron chi connectivity index (χ2n) is 2.18. The zero-order valence-electron chi connectivity index (χ0n) is 6.62. The van der Waals surface area contributed by atoms with E-state index in [4.69, 9.17) is 16.1 Å². The first kappa shape index (κ1) is 8.98. The molecule has 0 unspecified atom stereocenters. The minimum atomic E-state index is -0.268. The van der Waals surface area contributed by atoms with E-state index in [-0.39, 0.29) is 11.5 Å². The number of nitrogens with zero attached hydrogens (tertiary/aromatic N) is 3. The number of rotatable bonds is 2. The zero-order valence-corrected chi connectivity index (χ0v) is 6.62. The van der Waals surface area contributed by atoms with Crippen molar-refractivity contribution in [3.05, 3.63) is 30.1 Å². The topological polar surface area (TPSA) is 104 Å². The molecular weight excluding hydrogens is 172 g/mol. The summed E-state index contributed by atoms with van der Waals surface area (Å²) in [5.74, 6) is -0.268. The van der Waals surface area contributed by atoms with E-state index in [2.05, 4.69) is 15.3 Å². The molecule has 1 heterocycles. The number of amidine groups is 1. The molecule has 0 atom stereocenters. The maximum atomic E-state index is 8.57. The normalized spacial score (nSPS) is 12.9. The molecule has 1 aromatic rings. The summed E-state index contributed by atoms with van der Waals surface area (Å²) in [5.41, 5.74) is 5.70. The van der Waals surface area contributed by atoms with Gasteiger partial charge in [-0.3, -0.25) is 4.98 Å². The van der Waals surface area contributed by atoms with E-state index >= 15 is 0 Å². The number of nitrogens with two attached hydrogens (primary N) is 1. The van der Waals surface area contributed by atoms with Crippen LogP contribution in [0.3, 0.4) is 0 Å². The molecule has 1 aromatic heterocycles. The largest absolute Gasteiger partial charge is 0.410 e. The molecule has 0 saturated heterocycles. The SMILES string of the molecule is NC(=NO)C(=NO)c1cccnc1. The number of aromatic nitrogens is 1. The molecule has 6 heteroatoms. The van der Waals surface area contributed by atoms with Crippen LogP contribution in [0.4, 0.5) is 0 Å². The quantitative estimate of drug-likeness (QED) is 0.258. The van der Waals surface area contributed by atoms with Crippen molar-refractivity contribution in [1.82, 2.24) is 4.98 Å². The Hall–Kier alpha value is -2.11. The monoisotopic (exact) mass is 180 g/mol. The molecule has 0 amide bonds. The predicted molar refractivity (Wildman–Crippen MR) is 46.0 cm³/mol. The van der Waals surface area contributed by atoms with Crippen LogP contribution in [0.15, 0.2) is 34.8 Å². The maximum Gasteiger partial charge on any atom is 0.192 e. The van der Waals surface area contributed by atoms with Gasteiger partial charge in [0, 0.05) is 18.0 Å². The standard InChI is InChI=1S/C7H8N4O2/c8-7(11-13)6(10-12)5-2-1-3-9-4-5/h1-4,12-13H,(H2,8,11). The molecule has 0 spiro atoms. The van der Waals surface area contributed by atoms with E-state index in [9.17, 15) is 0 Å². The Morgan fingerprint density at radius 2 is 2.15 bits per heavy atom. The van der Waals surface area contributed by atoms with Gasteiger partial charge in [-0.15, -0.1) is 0 Å². The Balaban J connectivity index is 3.07. The Morgan fingerprint density at radius 3 is 2.62 bits per heavy atom. The summed E-state index contributed by atoms with van der Waals surface area (Å²) in [5, 5.41) is 22.5. The van der Waals surface area contributed by atoms with Gasteiger partial charge >= 0.3 is 0 Å². The van der Waals surface area contributed by atoms with Gasteiger partial charge in [0.2, 0.25) is 0 Å². The fourth-order valence-corrected chi connectivity index (χ4v) is 0.807. The highest BCUT2D eigenvalue weighted by atomic mass is 16.4. The van der Waals surface area contributed by atoms with Crippen molar-refractivity contribution < 1.29 is 10.4 Å². The lowest BCUT2D eigenvalue weighted by molar-refractivity contribution is 0.314. The van der Waals surface area contributed by atoms with E-state index < -0.39 is 0 Å². The van der Waals surface area contributed by atoms with Crippen molar-refractivity contribution >= 4 is 11.5 Å². The fraction of sp³-hybridized carbons (Fsp3) is 0. The minimum absolute atomic E-state index is 0.0180. The van der Waals surface area contributed by atoms with E-state index in [0.717, 1.165) is 0 Å². The van der Waals surface area contributed by atoms with Crippen LogP contribution in [-0.4, -0.2) is 26.9 Å². The molecule has 0 radical (unpaired) electrons. The maximum absolute atomic E-state index is 8.57. The van der Waals surface area contributed by atoms with Crippen LogP contribution >= 0.6 is 0 Å². The smallest absolute Gasteiger partial charge is 0.192 e. The van der Waals surface area contributed by atoms with Gasteiger partial charge in [0.25, 0.3) is 0 Å². The van der Waals surface area contributed by atoms with Crippen LogP contribution in [0, 0.1) is 0 Å². The third-order valence-electron chi connectivity index (χ3n) is 1.39. The van der Waals surface area contributed by atoms with Crippen molar-refractivity contribution in [3.63, 3.8) is 0 Å². The summed E-state index contributed by atoms with van der Waals surface area (Å²) in [7, 11) is 0. The van der Waals surface area contributed by atoms with Crippen molar-refractivity contribution in [1.29, 1.82) is 0 Å². The van der Waals surface area contributed by atoms with Gasteiger partial charge in [0.15, 0.2) is 11.5 Å². The molecule has 0 fully saturated rings. The van der Waals surface area contributed by atoms with Gasteiger partial charge in [-0.1, -0.05) is 10.3 Å². The molecule has 13 heavy (non-hydrogen) atoms. The van der Waals surface area contributed by atoms with Crippen LogP contribution in [0.1, 0.15) is 5.56 Å². The molecule has 1 rings (SSSR count). The minimum Gasteiger partial charge on any atom is -0.410 e. The van der Waals surface area contributed by atoms with Gasteiger partial charge in [-0.05, 0) is 12.1 Å². The highest BCUT2D eigenvalue weighted by Crippen LogP contribution is 1.98. The van der Waals surface area contributed by atoms with Crippen LogP contribution in [0.5, 0.6) is 0 Å². The van der Waals surface area contributed by atoms with E-state index in [1.807, 2.05) is 0 Å². The summed E-state index contributed by atoms with van der Waals surface area (Å²) in [6.07, 6.45) is 3.00. The van der Waals surface area contributed by atoms with Crippen LogP contribution in [0.2, 0.25) is 0 Å². The highest BCUT2D eigenvalue weighted by Gasteiger charge is 2.08. The van der Waals surface area contributed by atoms with Gasteiger partial charge in [0.05, 0.1) is 0 Å². The van der Waals surface area contributed by atoms with E-state index in [0.29, 0.717) is 5.56 Å². The highest BCUT2D eigenvalue weighted by molar-refractivity contribution is 6.46. The fourth-order valence-electron chi connectivity index (χ4n) is 0.807. The Bertz CT molecular complexity index is 334. The Morgan fingerprint density at radius 1 is 1.38 bits per heavy atom. The lowest BCUT2D eigenvalue weighted by Gasteiger charge is -2.00. The first-order chi connectivity index (χ1) is 6.29. The van der Waals surface area contributed by atoms with E-state index in [1.165, 1.54) is 6.20 Å². The molecule has 0 saturated carbocycles. The molecule has 0 aromatic carbocycles. The van der Waals surface area contributed by atoms with Gasteiger partial charge in [-0.2, -0.15) is 0 Å². The number of hydrogen-bond acceptors (Lipinski definition) is 5. The molecule has 0 aliphatic rings. The predicted octanol–water partition coefficient (Wildman–Crippen LogP) is 0.00630. The molecule has 6 nitrogen and oxygen atoms in total. The molecule has 68 valence electrons. The Labute approximate surface area is 74.0 Å². The Kier molecular flexibility index (Phi) is 2.80. The number of oxime groups is 2. The van der Waals surface area contributed by atoms with Crippen molar-refractivity contribution in [2.45, 2.75) is 0 Å². The molecule has 4 N–H and O–H groups in total. The van der Waals surface area contributed by atoms with Crippen molar-refractivity contribution in [3.8, 4) is 0 Å². The summed E-state index contributed by atoms with van der Waals surface area (Å²) < 4.78 is 0. The lowest BCUT2D eigenvalue weighted by Crippen LogP contribution is -2.24. The average molecular weight is 180 g/mol. The molecule has 0 aliphatic heterocycles. The summed E-state index contributed by atoms with van der Waals surface area (Å²) >= 11 is 0. The van der Waals surface area contributed by atoms with E-state index in [1.54, 1.807) is 18.3 Å². The number of pyridine rings is 1. The first-order valence-electron chi connectivity index (χ1n) is 3.40. The van der Waals surface area contributed by atoms with Crippen molar-refractivity contribution in [2.75, 3.05) is 0 Å². The lowest BCUT2D eigenvalue weighted by atomic mass is 10.2. The summed E-state index contributed by atoms with van der Waals surface area (Å²) in [4.78, 5) is 3.79. The van der Waals surface area contributed by atoms with Gasteiger partial charge < -0.3 is 16.1 Å². The van der Waals surface area contributed by atoms with Gasteiger partial charge in [0.1, 0.15) is 0 Å². The van der Waals surface area contributed by atoms with Crippen LogP contribution in [0.25, 0.3) is 0 Å². The number of hydrogen-bond donors (Lipinski definition) is 3. The third kappa shape index (κ3) is 1.92. The summed E-state index contributed by atoms with van der Waals surface area (Å²) in [6.45, 7) is 0. The molecule has 0 aliphatic carbocycles. The molecule has 0 bridgehead atoms. The van der Waals surface area contributed by atoms with Crippen LogP contribution in [-0.2, 0) is 0 Å². The third-order valence-corrected chi connectivity index (χ3v) is 1.39. The van der Waals surface area contributed by atoms with Gasteiger partial charge in [-0.25, -0.2) is 0 Å². The zero-order chi connectivity index (χ0) is 9.68. The molecular formula is C7H8N4O2. The second-order valence-corrected chi connectivity index (χ2v) is 2.18. The summed E-state index contributed by atoms with van der Waals surface area (Å²) in [6, 6.07) is 3.27. The first-order valence-corrected chi connectivity index (χ1v) is 3.40. The van der Waals surface area contributed by atoms with Crippen molar-refractivity contribution in [2.24, 2.45) is 16.0 Å². The van der Waals surface area contributed by atoms with Crippen LogP contribution < -0.4 is 5.73 Å². The average Bonchev–Trinajstić information content (AvgIpc) is 2.20.